The van der Waals surface area contributed by atoms with Gasteiger partial charge in [0.05, 0.1) is 18.5 Å². The maximum atomic E-state index is 12.7. The number of nitrogens with one attached hydrogen (secondary N) is 1. The van der Waals surface area contributed by atoms with Crippen LogP contribution in [0.15, 0.2) is 42.5 Å². The first-order valence-corrected chi connectivity index (χ1v) is 12.2. The lowest BCUT2D eigenvalue weighted by Gasteiger charge is -2.28. The second kappa shape index (κ2) is 9.73. The molecule has 0 heterocycles. The molecule has 2 rings (SSSR count). The summed E-state index contributed by atoms with van der Waals surface area (Å²) in [6, 6.07) is 12.3. The van der Waals surface area contributed by atoms with Crippen LogP contribution in [-0.4, -0.2) is 39.8 Å². The van der Waals surface area contributed by atoms with E-state index in [4.69, 9.17) is 4.74 Å². The van der Waals surface area contributed by atoms with Crippen LogP contribution in [0.3, 0.4) is 0 Å². The molecule has 6 nitrogen and oxygen atoms in total. The Bertz CT molecular complexity index is 1030. The molecule has 0 saturated carbocycles. The van der Waals surface area contributed by atoms with E-state index >= 15 is 0 Å². The van der Waals surface area contributed by atoms with Gasteiger partial charge in [-0.3, -0.25) is 9.10 Å². The Balaban J connectivity index is 2.05. The smallest absolute Gasteiger partial charge is 0.243 e. The average Bonchev–Trinajstić information content (AvgIpc) is 2.66. The largest absolute Gasteiger partial charge is 0.491 e. The Hall–Kier alpha value is -2.54. The van der Waals surface area contributed by atoms with Crippen LogP contribution in [0.4, 0.5) is 5.69 Å². The highest BCUT2D eigenvalue weighted by Gasteiger charge is 2.29. The predicted molar refractivity (Wildman–Crippen MR) is 126 cm³/mol. The second-order valence-electron chi connectivity index (χ2n) is 8.89. The molecule has 1 N–H and O–H groups in total. The first-order chi connectivity index (χ1) is 14.3. The molecule has 0 saturated heterocycles. The Morgan fingerprint density at radius 1 is 1.10 bits per heavy atom. The summed E-state index contributed by atoms with van der Waals surface area (Å²) >= 11 is 0. The van der Waals surface area contributed by atoms with Gasteiger partial charge >= 0.3 is 0 Å². The fourth-order valence-corrected chi connectivity index (χ4v) is 4.53. The van der Waals surface area contributed by atoms with Crippen LogP contribution < -0.4 is 14.4 Å². The van der Waals surface area contributed by atoms with Gasteiger partial charge in [0.2, 0.25) is 15.9 Å². The molecule has 2 aromatic rings. The summed E-state index contributed by atoms with van der Waals surface area (Å²) in [5, 5.41) is 2.79. The number of nitrogens with zero attached hydrogens (tertiary/aromatic N) is 1. The second-order valence-corrected chi connectivity index (χ2v) is 10.7. The molecule has 0 aliphatic rings. The maximum Gasteiger partial charge on any atom is 0.243 e. The third-order valence-electron chi connectivity index (χ3n) is 5.19. The highest BCUT2D eigenvalue weighted by Crippen LogP contribution is 2.30. The van der Waals surface area contributed by atoms with Gasteiger partial charge in [-0.05, 0) is 61.1 Å². The lowest BCUT2D eigenvalue weighted by molar-refractivity contribution is -0.121. The van der Waals surface area contributed by atoms with E-state index in [-0.39, 0.29) is 24.5 Å². The zero-order valence-corrected chi connectivity index (χ0v) is 20.3. The quantitative estimate of drug-likeness (QED) is 0.623. The van der Waals surface area contributed by atoms with Gasteiger partial charge in [0.1, 0.15) is 18.4 Å². The SMILES string of the molecule is Cc1ccc(N([C@H](C)C(=O)NCCOc2ccccc2C(C)(C)C)S(C)(=O)=O)cc1C. The van der Waals surface area contributed by atoms with Crippen LogP contribution in [0.5, 0.6) is 5.75 Å². The molecule has 7 heteroatoms. The molecule has 1 atom stereocenters. The number of aryl methyl sites for hydroxylation is 2. The molecule has 0 fully saturated rings. The van der Waals surface area contributed by atoms with Crippen molar-refractivity contribution in [3.05, 3.63) is 59.2 Å². The van der Waals surface area contributed by atoms with E-state index in [9.17, 15) is 13.2 Å². The van der Waals surface area contributed by atoms with Crippen molar-refractivity contribution in [1.29, 1.82) is 0 Å². The third-order valence-corrected chi connectivity index (χ3v) is 6.43. The van der Waals surface area contributed by atoms with Crippen LogP contribution in [0.2, 0.25) is 0 Å². The summed E-state index contributed by atoms with van der Waals surface area (Å²) in [6.45, 7) is 12.4. The molecule has 2 aromatic carbocycles. The number of ether oxygens (including phenoxy) is 1. The first-order valence-electron chi connectivity index (χ1n) is 10.4. The van der Waals surface area contributed by atoms with Gasteiger partial charge < -0.3 is 10.1 Å². The van der Waals surface area contributed by atoms with Crippen molar-refractivity contribution in [3.63, 3.8) is 0 Å². The minimum atomic E-state index is -3.65. The fraction of sp³-hybridized carbons (Fsp3) is 0.458. The standard InChI is InChI=1S/C24H34N2O4S/c1-17-12-13-20(16-18(17)2)26(31(7,28)29)19(3)23(27)25-14-15-30-22-11-9-8-10-21(22)24(4,5)6/h8-13,16,19H,14-15H2,1-7H3,(H,25,27)/t19-/m1/s1. The highest BCUT2D eigenvalue weighted by molar-refractivity contribution is 7.92. The van der Waals surface area contributed by atoms with E-state index in [0.717, 1.165) is 33.0 Å². The molecule has 0 bridgehead atoms. The molecule has 0 aliphatic heterocycles. The summed E-state index contributed by atoms with van der Waals surface area (Å²) in [6.07, 6.45) is 1.11. The molecule has 0 radical (unpaired) electrons. The molecule has 0 spiro atoms. The zero-order chi connectivity index (χ0) is 23.4. The summed E-state index contributed by atoms with van der Waals surface area (Å²) < 4.78 is 31.9. The van der Waals surface area contributed by atoms with Gasteiger partial charge in [-0.15, -0.1) is 0 Å². The van der Waals surface area contributed by atoms with Gasteiger partial charge in [-0.2, -0.15) is 0 Å². The first kappa shape index (κ1) is 24.7. The van der Waals surface area contributed by atoms with Crippen molar-refractivity contribution >= 4 is 21.6 Å². The molecule has 1 amide bonds. The van der Waals surface area contributed by atoms with E-state index in [1.165, 1.54) is 0 Å². The Kier molecular flexibility index (Phi) is 7.76. The number of hydrogen-bond donors (Lipinski definition) is 1. The highest BCUT2D eigenvalue weighted by atomic mass is 32.2. The van der Waals surface area contributed by atoms with Crippen molar-refractivity contribution in [2.24, 2.45) is 0 Å². The average molecular weight is 447 g/mol. The van der Waals surface area contributed by atoms with Crippen molar-refractivity contribution < 1.29 is 17.9 Å². The summed E-state index contributed by atoms with van der Waals surface area (Å²) in [4.78, 5) is 12.7. The van der Waals surface area contributed by atoms with Crippen molar-refractivity contribution in [2.45, 2.75) is 53.0 Å². The minimum absolute atomic E-state index is 0.0590. The number of hydrogen-bond acceptors (Lipinski definition) is 4. The van der Waals surface area contributed by atoms with Gasteiger partial charge in [0.15, 0.2) is 0 Å². The van der Waals surface area contributed by atoms with Crippen molar-refractivity contribution in [3.8, 4) is 5.75 Å². The fourth-order valence-electron chi connectivity index (χ4n) is 3.37. The van der Waals surface area contributed by atoms with Crippen molar-refractivity contribution in [1.82, 2.24) is 5.32 Å². The molecule has 0 aromatic heterocycles. The minimum Gasteiger partial charge on any atom is -0.491 e. The Labute approximate surface area is 186 Å². The summed E-state index contributed by atoms with van der Waals surface area (Å²) in [5.74, 6) is 0.404. The topological polar surface area (TPSA) is 75.7 Å². The molecular formula is C24H34N2O4S. The van der Waals surface area contributed by atoms with Crippen LogP contribution >= 0.6 is 0 Å². The van der Waals surface area contributed by atoms with E-state index in [2.05, 4.69) is 26.1 Å². The molecule has 31 heavy (non-hydrogen) atoms. The van der Waals surface area contributed by atoms with Crippen LogP contribution in [0, 0.1) is 13.8 Å². The number of benzene rings is 2. The van der Waals surface area contributed by atoms with Gasteiger partial charge in [-0.25, -0.2) is 8.42 Å². The third kappa shape index (κ3) is 6.47. The van der Waals surface area contributed by atoms with E-state index < -0.39 is 16.1 Å². The number of carbonyl (C=O) groups excluding carboxylic acids is 1. The number of para-hydroxylation sites is 1. The Morgan fingerprint density at radius 3 is 2.32 bits per heavy atom. The summed E-state index contributed by atoms with van der Waals surface area (Å²) in [7, 11) is -3.65. The summed E-state index contributed by atoms with van der Waals surface area (Å²) in [5.41, 5.74) is 3.53. The number of carbonyl (C=O) groups is 1. The van der Waals surface area contributed by atoms with Crippen molar-refractivity contribution in [2.75, 3.05) is 23.7 Å². The normalized spacial score (nSPS) is 12.9. The van der Waals surface area contributed by atoms with Gasteiger partial charge in [0, 0.05) is 0 Å². The predicted octanol–water partition coefficient (Wildman–Crippen LogP) is 3.95. The number of amides is 1. The molecule has 170 valence electrons. The van der Waals surface area contributed by atoms with Crippen LogP contribution in [0.25, 0.3) is 0 Å². The number of sulfonamides is 1. The van der Waals surface area contributed by atoms with Gasteiger partial charge in [0.25, 0.3) is 0 Å². The monoisotopic (exact) mass is 446 g/mol. The zero-order valence-electron chi connectivity index (χ0n) is 19.5. The van der Waals surface area contributed by atoms with Gasteiger partial charge in [-0.1, -0.05) is 45.0 Å². The molecular weight excluding hydrogens is 412 g/mol. The lowest BCUT2D eigenvalue weighted by atomic mass is 9.86. The number of anilines is 1. The molecule has 0 unspecified atom stereocenters. The van der Waals surface area contributed by atoms with E-state index in [0.29, 0.717) is 5.69 Å². The van der Waals surface area contributed by atoms with Crippen LogP contribution in [0.1, 0.15) is 44.4 Å². The maximum absolute atomic E-state index is 12.7. The van der Waals surface area contributed by atoms with E-state index in [1.807, 2.05) is 44.2 Å². The lowest BCUT2D eigenvalue weighted by Crippen LogP contribution is -2.48. The van der Waals surface area contributed by atoms with E-state index in [1.54, 1.807) is 19.1 Å². The number of rotatable bonds is 8. The molecule has 0 aliphatic carbocycles. The Morgan fingerprint density at radius 2 is 1.74 bits per heavy atom. The van der Waals surface area contributed by atoms with Crippen LogP contribution in [-0.2, 0) is 20.2 Å².